The number of nitrogens with one attached hydrogen (secondary N) is 1. The molecule has 0 spiro atoms. The van der Waals surface area contributed by atoms with Gasteiger partial charge < -0.3 is 19.9 Å². The Hall–Kier alpha value is -2.64. The minimum atomic E-state index is -1.19. The summed E-state index contributed by atoms with van der Waals surface area (Å²) in [5, 5.41) is 12.2. The number of aromatic nitrogens is 1. The highest BCUT2D eigenvalue weighted by Crippen LogP contribution is 2.19. The van der Waals surface area contributed by atoms with Crippen molar-refractivity contribution in [2.45, 2.75) is 26.3 Å². The Morgan fingerprint density at radius 3 is 2.78 bits per heavy atom. The molecule has 0 aromatic carbocycles. The van der Waals surface area contributed by atoms with Crippen LogP contribution in [0.15, 0.2) is 12.3 Å². The minimum absolute atomic E-state index is 0.0897. The topological polar surface area (TPSA) is 115 Å². The Kier molecular flexibility index (Phi) is 5.15. The third kappa shape index (κ3) is 4.18. The van der Waals surface area contributed by atoms with Crippen molar-refractivity contribution in [3.63, 3.8) is 0 Å². The third-order valence-electron chi connectivity index (χ3n) is 3.34. The summed E-state index contributed by atoms with van der Waals surface area (Å²) in [5.41, 5.74) is 0.245. The van der Waals surface area contributed by atoms with Crippen LogP contribution < -0.4 is 5.32 Å². The second kappa shape index (κ2) is 7.08. The van der Waals surface area contributed by atoms with Gasteiger partial charge in [0.25, 0.3) is 5.91 Å². The van der Waals surface area contributed by atoms with E-state index >= 15 is 0 Å². The number of pyridine rings is 1. The summed E-state index contributed by atoms with van der Waals surface area (Å²) in [5.74, 6) is -2.51. The van der Waals surface area contributed by atoms with Gasteiger partial charge in [0, 0.05) is 12.1 Å². The Morgan fingerprint density at radius 2 is 2.04 bits per heavy atom. The Bertz CT molecular complexity index is 630. The largest absolute Gasteiger partial charge is 0.505 e. The van der Waals surface area contributed by atoms with Crippen LogP contribution in [0, 0.1) is 12.8 Å². The maximum Gasteiger partial charge on any atom is 0.329 e. The molecule has 1 aromatic rings. The zero-order valence-corrected chi connectivity index (χ0v) is 12.9. The molecule has 1 aliphatic rings. The molecule has 2 rings (SSSR count). The van der Waals surface area contributed by atoms with E-state index in [4.69, 9.17) is 9.47 Å². The van der Waals surface area contributed by atoms with Crippen molar-refractivity contribution in [1.82, 2.24) is 10.3 Å². The van der Waals surface area contributed by atoms with Gasteiger partial charge in [0.15, 0.2) is 5.69 Å². The van der Waals surface area contributed by atoms with Gasteiger partial charge in [0.1, 0.15) is 11.8 Å². The first-order valence-electron chi connectivity index (χ1n) is 7.16. The molecule has 1 aliphatic heterocycles. The Morgan fingerprint density at radius 1 is 1.35 bits per heavy atom. The fourth-order valence-corrected chi connectivity index (χ4v) is 1.97. The lowest BCUT2D eigenvalue weighted by Gasteiger charge is -2.16. The number of ether oxygens (including phenoxy) is 2. The number of carbonyl (C=O) groups is 3. The number of hydrogen-bond donors (Lipinski definition) is 2. The average Bonchev–Trinajstić information content (AvgIpc) is 2.56. The fourth-order valence-electron chi connectivity index (χ4n) is 1.97. The van der Waals surface area contributed by atoms with Crippen LogP contribution in [0.1, 0.15) is 29.4 Å². The van der Waals surface area contributed by atoms with Crippen LogP contribution in [0.2, 0.25) is 0 Å². The van der Waals surface area contributed by atoms with Crippen LogP contribution in [0.5, 0.6) is 5.75 Å². The zero-order chi connectivity index (χ0) is 17.0. The number of hydrogen-bond acceptors (Lipinski definition) is 7. The van der Waals surface area contributed by atoms with Crippen molar-refractivity contribution in [1.29, 1.82) is 0 Å². The summed E-state index contributed by atoms with van der Waals surface area (Å²) in [6, 6.07) is 0.348. The van der Waals surface area contributed by atoms with E-state index in [9.17, 15) is 19.5 Å². The molecule has 1 aromatic heterocycles. The summed E-state index contributed by atoms with van der Waals surface area (Å²) in [6.07, 6.45) is 1.02. The highest BCUT2D eigenvalue weighted by molar-refractivity contribution is 5.98. The molecule has 23 heavy (non-hydrogen) atoms. The monoisotopic (exact) mass is 322 g/mol. The van der Waals surface area contributed by atoms with Crippen molar-refractivity contribution >= 4 is 17.8 Å². The normalized spacial score (nSPS) is 22.2. The first kappa shape index (κ1) is 16.7. The average molecular weight is 322 g/mol. The van der Waals surface area contributed by atoms with Crippen molar-refractivity contribution in [2.24, 2.45) is 5.92 Å². The molecule has 0 aliphatic carbocycles. The molecule has 1 saturated heterocycles. The van der Waals surface area contributed by atoms with Crippen LogP contribution in [-0.4, -0.2) is 47.2 Å². The van der Waals surface area contributed by atoms with Crippen LogP contribution in [0.4, 0.5) is 0 Å². The van der Waals surface area contributed by atoms with Crippen molar-refractivity contribution < 1.29 is 29.0 Å². The number of aryl methyl sites for hydroxylation is 1. The molecule has 0 radical (unpaired) electrons. The molecule has 124 valence electrons. The summed E-state index contributed by atoms with van der Waals surface area (Å²) < 4.78 is 10.1. The van der Waals surface area contributed by atoms with Gasteiger partial charge >= 0.3 is 11.9 Å². The Labute approximate surface area is 132 Å². The van der Waals surface area contributed by atoms with Crippen molar-refractivity contribution in [3.8, 4) is 5.75 Å². The molecule has 2 N–H and O–H groups in total. The molecule has 1 fully saturated rings. The van der Waals surface area contributed by atoms with E-state index in [2.05, 4.69) is 10.3 Å². The van der Waals surface area contributed by atoms with E-state index in [1.165, 1.54) is 6.20 Å². The first-order chi connectivity index (χ1) is 10.9. The molecule has 2 atom stereocenters. The van der Waals surface area contributed by atoms with Crippen LogP contribution in [0.25, 0.3) is 0 Å². The number of esters is 2. The van der Waals surface area contributed by atoms with E-state index < -0.39 is 23.9 Å². The van der Waals surface area contributed by atoms with Gasteiger partial charge in [-0.3, -0.25) is 9.59 Å². The second-order valence-corrected chi connectivity index (χ2v) is 5.47. The van der Waals surface area contributed by atoms with Crippen LogP contribution in [-0.2, 0) is 19.1 Å². The van der Waals surface area contributed by atoms with Crippen LogP contribution in [0.3, 0.4) is 0 Å². The van der Waals surface area contributed by atoms with Crippen molar-refractivity contribution in [2.75, 3.05) is 13.2 Å². The molecule has 0 saturated carbocycles. The highest BCUT2D eigenvalue weighted by atomic mass is 16.6. The van der Waals surface area contributed by atoms with E-state index in [-0.39, 0.29) is 37.0 Å². The van der Waals surface area contributed by atoms with Gasteiger partial charge in [-0.15, -0.1) is 0 Å². The number of rotatable bonds is 2. The predicted molar refractivity (Wildman–Crippen MR) is 77.6 cm³/mol. The molecular formula is C15H18N2O6. The smallest absolute Gasteiger partial charge is 0.329 e. The van der Waals surface area contributed by atoms with Gasteiger partial charge in [-0.05, 0) is 18.6 Å². The predicted octanol–water partition coefficient (Wildman–Crippen LogP) is 0.320. The zero-order valence-electron chi connectivity index (χ0n) is 12.9. The molecule has 2 unspecified atom stereocenters. The maximum atomic E-state index is 12.2. The quantitative estimate of drug-likeness (QED) is 0.753. The van der Waals surface area contributed by atoms with E-state index in [0.717, 1.165) is 0 Å². The maximum absolute atomic E-state index is 12.2. The molecule has 0 bridgehead atoms. The van der Waals surface area contributed by atoms with Crippen molar-refractivity contribution in [3.05, 3.63) is 23.5 Å². The van der Waals surface area contributed by atoms with Gasteiger partial charge in [0.05, 0.1) is 19.6 Å². The number of aromatic hydroxyl groups is 1. The van der Waals surface area contributed by atoms with E-state index in [1.54, 1.807) is 19.9 Å². The van der Waals surface area contributed by atoms with Gasteiger partial charge in [0.2, 0.25) is 0 Å². The molecule has 8 heteroatoms. The lowest BCUT2D eigenvalue weighted by molar-refractivity contribution is -0.149. The summed E-state index contributed by atoms with van der Waals surface area (Å²) in [4.78, 5) is 39.7. The third-order valence-corrected chi connectivity index (χ3v) is 3.34. The minimum Gasteiger partial charge on any atom is -0.505 e. The first-order valence-corrected chi connectivity index (χ1v) is 7.16. The van der Waals surface area contributed by atoms with Gasteiger partial charge in [-0.25, -0.2) is 9.78 Å². The molecule has 2 heterocycles. The molecule has 8 nitrogen and oxygen atoms in total. The lowest BCUT2D eigenvalue weighted by Crippen LogP contribution is -2.43. The number of nitrogens with zero attached hydrogens (tertiary/aromatic N) is 1. The number of amides is 1. The van der Waals surface area contributed by atoms with Gasteiger partial charge in [-0.2, -0.15) is 0 Å². The van der Waals surface area contributed by atoms with Crippen LogP contribution >= 0.6 is 0 Å². The number of cyclic esters (lactones) is 2. The Balaban J connectivity index is 2.15. The van der Waals surface area contributed by atoms with E-state index in [1.807, 2.05) is 0 Å². The molecule has 1 amide bonds. The standard InChI is InChI=1S/C15H18N2O6/c1-8-6-22-11(18)5-10(15(21)23-7-8)17-14(20)12-13(19)9(2)3-4-16-12/h3-4,8,10,19H,5-7H2,1-2H3,(H,17,20). The summed E-state index contributed by atoms with van der Waals surface area (Å²) in [6.45, 7) is 3.62. The SMILES string of the molecule is Cc1ccnc(C(=O)NC2CC(=O)OCC(C)COC2=O)c1O. The fraction of sp³-hybridized carbons (Fsp3) is 0.467. The van der Waals surface area contributed by atoms with Gasteiger partial charge in [-0.1, -0.05) is 6.92 Å². The van der Waals surface area contributed by atoms with E-state index in [0.29, 0.717) is 5.56 Å². The summed E-state index contributed by atoms with van der Waals surface area (Å²) in [7, 11) is 0. The number of carbonyl (C=O) groups excluding carboxylic acids is 3. The second-order valence-electron chi connectivity index (χ2n) is 5.47. The lowest BCUT2D eigenvalue weighted by atomic mass is 10.1. The molecular weight excluding hydrogens is 304 g/mol. The highest BCUT2D eigenvalue weighted by Gasteiger charge is 2.30. The summed E-state index contributed by atoms with van der Waals surface area (Å²) >= 11 is 0.